The van der Waals surface area contributed by atoms with E-state index in [4.69, 9.17) is 4.74 Å². The number of alkyl halides is 1. The van der Waals surface area contributed by atoms with Gasteiger partial charge in [-0.1, -0.05) is 46.3 Å². The van der Waals surface area contributed by atoms with Crippen molar-refractivity contribution in [3.8, 4) is 0 Å². The van der Waals surface area contributed by atoms with Crippen molar-refractivity contribution in [2.75, 3.05) is 0 Å². The van der Waals surface area contributed by atoms with Gasteiger partial charge in [-0.15, -0.1) is 0 Å². The summed E-state index contributed by atoms with van der Waals surface area (Å²) in [4.78, 5) is 0. The van der Waals surface area contributed by atoms with Crippen molar-refractivity contribution >= 4 is 15.9 Å². The van der Waals surface area contributed by atoms with Crippen molar-refractivity contribution < 1.29 is 4.74 Å². The van der Waals surface area contributed by atoms with E-state index in [1.165, 1.54) is 5.56 Å². The molecule has 1 nitrogen and oxygen atoms in total. The summed E-state index contributed by atoms with van der Waals surface area (Å²) >= 11 is 3.36. The maximum atomic E-state index is 5.22. The molecule has 0 radical (unpaired) electrons. The molecular formula is C8H7BrO. The second kappa shape index (κ2) is 2.36. The van der Waals surface area contributed by atoms with Gasteiger partial charge < -0.3 is 4.74 Å². The van der Waals surface area contributed by atoms with Crippen LogP contribution in [0.4, 0.5) is 0 Å². The van der Waals surface area contributed by atoms with Crippen LogP contribution in [0.5, 0.6) is 0 Å². The first-order valence-electron chi connectivity index (χ1n) is 3.22. The summed E-state index contributed by atoms with van der Waals surface area (Å²) in [6.45, 7) is 0. The molecule has 0 aliphatic carbocycles. The molecule has 2 heteroatoms. The van der Waals surface area contributed by atoms with E-state index in [1.54, 1.807) is 0 Å². The van der Waals surface area contributed by atoms with Crippen LogP contribution in [0, 0.1) is 0 Å². The third-order valence-electron chi connectivity index (χ3n) is 1.57. The maximum Gasteiger partial charge on any atom is 0.143 e. The number of rotatable bonds is 1. The molecule has 2 rings (SSSR count). The Morgan fingerprint density at radius 3 is 2.30 bits per heavy atom. The molecule has 0 bridgehead atoms. The largest absolute Gasteiger partial charge is 0.352 e. The van der Waals surface area contributed by atoms with Crippen molar-refractivity contribution in [2.45, 2.75) is 11.1 Å². The molecule has 0 N–H and O–H groups in total. The summed E-state index contributed by atoms with van der Waals surface area (Å²) in [6, 6.07) is 10.2. The molecule has 1 saturated heterocycles. The molecule has 1 fully saturated rings. The van der Waals surface area contributed by atoms with E-state index in [0.29, 0.717) is 6.10 Å². The Hall–Kier alpha value is -0.340. The first kappa shape index (κ1) is 6.38. The summed E-state index contributed by atoms with van der Waals surface area (Å²) in [5, 5.41) is 0.245. The zero-order chi connectivity index (χ0) is 6.97. The average Bonchev–Trinajstić information content (AvgIpc) is 2.69. The minimum absolute atomic E-state index is 0.245. The molecule has 1 heterocycles. The van der Waals surface area contributed by atoms with Gasteiger partial charge in [0.15, 0.2) is 0 Å². The Morgan fingerprint density at radius 1 is 1.20 bits per heavy atom. The maximum absolute atomic E-state index is 5.22. The molecule has 1 aromatic carbocycles. The lowest BCUT2D eigenvalue weighted by Gasteiger charge is -1.90. The molecule has 52 valence electrons. The van der Waals surface area contributed by atoms with Crippen molar-refractivity contribution in [1.29, 1.82) is 0 Å². The molecule has 10 heavy (non-hydrogen) atoms. The topological polar surface area (TPSA) is 12.5 Å². The number of ether oxygens (including phenoxy) is 1. The van der Waals surface area contributed by atoms with E-state index >= 15 is 0 Å². The molecular weight excluding hydrogens is 192 g/mol. The summed E-state index contributed by atoms with van der Waals surface area (Å²) in [7, 11) is 0. The lowest BCUT2D eigenvalue weighted by Crippen LogP contribution is -1.78. The van der Waals surface area contributed by atoms with Crippen LogP contribution in [-0.4, -0.2) is 5.01 Å². The Bertz CT molecular complexity index is 222. The summed E-state index contributed by atoms with van der Waals surface area (Å²) in [6.07, 6.45) is 0.293. The first-order chi connectivity index (χ1) is 4.88. The van der Waals surface area contributed by atoms with Crippen molar-refractivity contribution in [3.05, 3.63) is 35.9 Å². The van der Waals surface area contributed by atoms with Crippen molar-refractivity contribution in [1.82, 2.24) is 0 Å². The van der Waals surface area contributed by atoms with E-state index in [2.05, 4.69) is 28.1 Å². The molecule has 1 aromatic rings. The van der Waals surface area contributed by atoms with Crippen LogP contribution in [-0.2, 0) is 4.74 Å². The minimum Gasteiger partial charge on any atom is -0.352 e. The normalized spacial score (nSPS) is 30.1. The molecule has 2 atom stereocenters. The van der Waals surface area contributed by atoms with Gasteiger partial charge in [0.05, 0.1) is 0 Å². The monoisotopic (exact) mass is 198 g/mol. The van der Waals surface area contributed by atoms with Crippen LogP contribution in [0.3, 0.4) is 0 Å². The highest BCUT2D eigenvalue weighted by molar-refractivity contribution is 9.09. The smallest absolute Gasteiger partial charge is 0.143 e. The Labute approximate surface area is 68.1 Å². The predicted octanol–water partition coefficient (Wildman–Crippen LogP) is 2.48. The lowest BCUT2D eigenvalue weighted by molar-refractivity contribution is 0.408. The fourth-order valence-electron chi connectivity index (χ4n) is 0.967. The third kappa shape index (κ3) is 1.09. The molecule has 0 aromatic heterocycles. The van der Waals surface area contributed by atoms with Gasteiger partial charge in [0.1, 0.15) is 11.1 Å². The number of benzene rings is 1. The van der Waals surface area contributed by atoms with E-state index in [1.807, 2.05) is 18.2 Å². The van der Waals surface area contributed by atoms with Gasteiger partial charge in [-0.25, -0.2) is 0 Å². The van der Waals surface area contributed by atoms with Crippen LogP contribution >= 0.6 is 15.9 Å². The van der Waals surface area contributed by atoms with E-state index < -0.39 is 0 Å². The van der Waals surface area contributed by atoms with Gasteiger partial charge in [0.2, 0.25) is 0 Å². The van der Waals surface area contributed by atoms with Crippen molar-refractivity contribution in [2.24, 2.45) is 0 Å². The number of halogens is 1. The molecule has 2 unspecified atom stereocenters. The first-order valence-corrected chi connectivity index (χ1v) is 4.14. The SMILES string of the molecule is BrC1OC1c1ccccc1. The molecule has 0 saturated carbocycles. The van der Waals surface area contributed by atoms with Gasteiger partial charge in [-0.3, -0.25) is 0 Å². The highest BCUT2D eigenvalue weighted by atomic mass is 79.9. The number of hydrogen-bond acceptors (Lipinski definition) is 1. The average molecular weight is 199 g/mol. The highest BCUT2D eigenvalue weighted by Crippen LogP contribution is 2.42. The van der Waals surface area contributed by atoms with Crippen LogP contribution in [0.25, 0.3) is 0 Å². The lowest BCUT2D eigenvalue weighted by atomic mass is 10.2. The van der Waals surface area contributed by atoms with Crippen molar-refractivity contribution in [3.63, 3.8) is 0 Å². The zero-order valence-corrected chi connectivity index (χ0v) is 6.91. The fraction of sp³-hybridized carbons (Fsp3) is 0.250. The standard InChI is InChI=1S/C8H7BrO/c9-8-7(10-8)6-4-2-1-3-5-6/h1-5,7-8H. The number of epoxide rings is 1. The van der Waals surface area contributed by atoms with Crippen LogP contribution < -0.4 is 0 Å². The van der Waals surface area contributed by atoms with Crippen LogP contribution in [0.2, 0.25) is 0 Å². The predicted molar refractivity (Wildman–Crippen MR) is 43.0 cm³/mol. The summed E-state index contributed by atoms with van der Waals surface area (Å²) in [5.41, 5.74) is 1.25. The quantitative estimate of drug-likeness (QED) is 0.500. The van der Waals surface area contributed by atoms with Gasteiger partial charge in [-0.05, 0) is 5.56 Å². The highest BCUT2D eigenvalue weighted by Gasteiger charge is 2.37. The Kier molecular flexibility index (Phi) is 1.51. The Balaban J connectivity index is 2.20. The number of hydrogen-bond donors (Lipinski definition) is 0. The van der Waals surface area contributed by atoms with Crippen LogP contribution in [0.15, 0.2) is 30.3 Å². The minimum atomic E-state index is 0.245. The Morgan fingerprint density at radius 2 is 1.80 bits per heavy atom. The van der Waals surface area contributed by atoms with E-state index in [0.717, 1.165) is 0 Å². The molecule has 1 aliphatic heterocycles. The summed E-state index contributed by atoms with van der Waals surface area (Å²) < 4.78 is 5.22. The molecule has 1 aliphatic rings. The molecule has 0 amide bonds. The van der Waals surface area contributed by atoms with Crippen LogP contribution in [0.1, 0.15) is 11.7 Å². The second-order valence-electron chi connectivity index (χ2n) is 2.32. The van der Waals surface area contributed by atoms with Gasteiger partial charge >= 0.3 is 0 Å². The van der Waals surface area contributed by atoms with E-state index in [-0.39, 0.29) is 5.01 Å². The van der Waals surface area contributed by atoms with Gasteiger partial charge in [-0.2, -0.15) is 0 Å². The molecule has 0 spiro atoms. The van der Waals surface area contributed by atoms with Gasteiger partial charge in [0.25, 0.3) is 0 Å². The third-order valence-corrected chi connectivity index (χ3v) is 2.26. The van der Waals surface area contributed by atoms with E-state index in [9.17, 15) is 0 Å². The second-order valence-corrected chi connectivity index (χ2v) is 3.22. The van der Waals surface area contributed by atoms with Gasteiger partial charge in [0, 0.05) is 0 Å². The zero-order valence-electron chi connectivity index (χ0n) is 5.33. The summed E-state index contributed by atoms with van der Waals surface area (Å²) in [5.74, 6) is 0. The fourth-order valence-corrected chi connectivity index (χ4v) is 1.51.